The summed E-state index contributed by atoms with van der Waals surface area (Å²) in [4.78, 5) is 3.81. The highest BCUT2D eigenvalue weighted by Gasteiger charge is 2.30. The number of halogens is 7. The zero-order chi connectivity index (χ0) is 22.9. The molecular weight excluding hydrogens is 499 g/mol. The molecule has 0 aliphatic heterocycles. The molecule has 0 unspecified atom stereocenters. The van der Waals surface area contributed by atoms with Crippen LogP contribution in [0.5, 0.6) is 11.5 Å². The summed E-state index contributed by atoms with van der Waals surface area (Å²) >= 11 is 23.4. The maximum absolute atomic E-state index is 12.5. The molecule has 0 aliphatic carbocycles. The fraction of sp³-hybridized carbons (Fsp3) is 0.350. The Labute approximate surface area is 198 Å². The van der Waals surface area contributed by atoms with Crippen LogP contribution in [0.15, 0.2) is 41.0 Å². The lowest BCUT2D eigenvalue weighted by molar-refractivity contribution is -0.137. The number of ether oxygens (including phenoxy) is 2. The third-order valence-corrected chi connectivity index (χ3v) is 4.78. The van der Waals surface area contributed by atoms with Crippen LogP contribution < -0.4 is 14.8 Å². The molecule has 4 nitrogen and oxygen atoms in total. The van der Waals surface area contributed by atoms with Crippen LogP contribution in [0, 0.1) is 0 Å². The largest absolute Gasteiger partial charge is 0.490 e. The number of nitrogens with one attached hydrogen (secondary N) is 1. The van der Waals surface area contributed by atoms with E-state index in [1.165, 1.54) is 12.1 Å². The Kier molecular flexibility index (Phi) is 10.5. The number of rotatable bonds is 11. The molecule has 0 amide bonds. The average Bonchev–Trinajstić information content (AvgIpc) is 2.68. The number of hydrogen-bond donors (Lipinski definition) is 1. The number of alkyl halides is 3. The summed E-state index contributed by atoms with van der Waals surface area (Å²) in [5.74, 6) is 0.817. The summed E-state index contributed by atoms with van der Waals surface area (Å²) in [5.41, 5.74) is -0.226. The molecule has 0 saturated carbocycles. The predicted octanol–water partition coefficient (Wildman–Crippen LogP) is 7.05. The fourth-order valence-electron chi connectivity index (χ4n) is 2.40. The number of hydrogen-bond acceptors (Lipinski definition) is 4. The highest BCUT2D eigenvalue weighted by molar-refractivity contribution is 6.55. The van der Waals surface area contributed by atoms with E-state index in [-0.39, 0.29) is 11.1 Å². The molecule has 1 aromatic carbocycles. The lowest BCUT2D eigenvalue weighted by Crippen LogP contribution is -2.16. The number of benzene rings is 1. The van der Waals surface area contributed by atoms with Crippen molar-refractivity contribution >= 4 is 46.4 Å². The summed E-state index contributed by atoms with van der Waals surface area (Å²) in [7, 11) is 0. The van der Waals surface area contributed by atoms with Crippen LogP contribution in [0.2, 0.25) is 10.0 Å². The second-order valence-corrected chi connectivity index (χ2v) is 8.11. The molecule has 0 spiro atoms. The SMILES string of the molecule is FC(F)(F)c1ccc(CNCCCCOc2c(Cl)cc(OCC=C(Cl)Cl)cc2Cl)nc1. The van der Waals surface area contributed by atoms with Gasteiger partial charge in [-0.2, -0.15) is 13.2 Å². The van der Waals surface area contributed by atoms with E-state index < -0.39 is 11.7 Å². The van der Waals surface area contributed by atoms with Crippen molar-refractivity contribution in [3.63, 3.8) is 0 Å². The molecule has 0 saturated heterocycles. The van der Waals surface area contributed by atoms with Gasteiger partial charge in [0.15, 0.2) is 5.75 Å². The van der Waals surface area contributed by atoms with Gasteiger partial charge in [0.2, 0.25) is 0 Å². The maximum atomic E-state index is 12.5. The standard InChI is InChI=1S/C20H19Cl4F3N2O2/c21-16-9-15(30-8-5-18(23)24)10-17(22)19(16)31-7-2-1-6-28-12-14-4-3-13(11-29-14)20(25,26)27/h3-5,9-11,28H,1-2,6-8,12H2. The molecule has 0 aliphatic rings. The van der Waals surface area contributed by atoms with E-state index in [1.54, 1.807) is 12.1 Å². The van der Waals surface area contributed by atoms with Crippen LogP contribution in [0.4, 0.5) is 13.2 Å². The van der Waals surface area contributed by atoms with E-state index >= 15 is 0 Å². The Balaban J connectivity index is 1.68. The third kappa shape index (κ3) is 9.33. The molecule has 31 heavy (non-hydrogen) atoms. The summed E-state index contributed by atoms with van der Waals surface area (Å²) in [6, 6.07) is 5.54. The molecule has 0 radical (unpaired) electrons. The van der Waals surface area contributed by atoms with Crippen molar-refractivity contribution < 1.29 is 22.6 Å². The molecule has 2 aromatic rings. The first kappa shape index (κ1) is 25.9. The summed E-state index contributed by atoms with van der Waals surface area (Å²) in [5, 5.41) is 3.75. The number of pyridine rings is 1. The van der Waals surface area contributed by atoms with Crippen molar-refractivity contribution in [1.82, 2.24) is 10.3 Å². The second kappa shape index (κ2) is 12.6. The topological polar surface area (TPSA) is 43.4 Å². The van der Waals surface area contributed by atoms with E-state index in [9.17, 15) is 13.2 Å². The second-order valence-electron chi connectivity index (χ2n) is 6.29. The molecular formula is C20H19Cl4F3N2O2. The highest BCUT2D eigenvalue weighted by atomic mass is 35.5. The molecule has 11 heteroatoms. The Morgan fingerprint density at radius 3 is 2.35 bits per heavy atom. The molecule has 0 atom stereocenters. The molecule has 1 aromatic heterocycles. The van der Waals surface area contributed by atoms with Gasteiger partial charge in [0, 0.05) is 24.9 Å². The van der Waals surface area contributed by atoms with Crippen molar-refractivity contribution in [1.29, 1.82) is 0 Å². The minimum absolute atomic E-state index is 0.0993. The highest BCUT2D eigenvalue weighted by Crippen LogP contribution is 2.37. The van der Waals surface area contributed by atoms with E-state index in [1.807, 2.05) is 0 Å². The first-order valence-electron chi connectivity index (χ1n) is 9.15. The Morgan fingerprint density at radius 1 is 1.06 bits per heavy atom. The fourth-order valence-corrected chi connectivity index (χ4v) is 3.10. The smallest absolute Gasteiger partial charge is 0.417 e. The van der Waals surface area contributed by atoms with Crippen LogP contribution in [-0.4, -0.2) is 24.7 Å². The quantitative estimate of drug-likeness (QED) is 0.324. The number of aromatic nitrogens is 1. The van der Waals surface area contributed by atoms with Crippen molar-refractivity contribution in [2.75, 3.05) is 19.8 Å². The molecule has 170 valence electrons. The van der Waals surface area contributed by atoms with Crippen LogP contribution in [-0.2, 0) is 12.7 Å². The van der Waals surface area contributed by atoms with Gasteiger partial charge < -0.3 is 14.8 Å². The molecule has 0 bridgehead atoms. The number of nitrogens with zero attached hydrogens (tertiary/aromatic N) is 1. The van der Waals surface area contributed by atoms with Crippen LogP contribution >= 0.6 is 46.4 Å². The van der Waals surface area contributed by atoms with Gasteiger partial charge in [-0.15, -0.1) is 0 Å². The van der Waals surface area contributed by atoms with Crippen molar-refractivity contribution in [3.8, 4) is 11.5 Å². The van der Waals surface area contributed by atoms with Crippen LogP contribution in [0.1, 0.15) is 24.1 Å². The lowest BCUT2D eigenvalue weighted by atomic mass is 10.2. The third-order valence-electron chi connectivity index (χ3n) is 3.91. The molecule has 2 rings (SSSR count). The Bertz CT molecular complexity index is 851. The van der Waals surface area contributed by atoms with Gasteiger partial charge in [0.1, 0.15) is 16.8 Å². The van der Waals surface area contributed by atoms with Gasteiger partial charge in [-0.25, -0.2) is 0 Å². The van der Waals surface area contributed by atoms with E-state index in [0.29, 0.717) is 46.9 Å². The normalized spacial score (nSPS) is 11.3. The van der Waals surface area contributed by atoms with Gasteiger partial charge in [0.25, 0.3) is 0 Å². The number of unbranched alkanes of at least 4 members (excludes halogenated alkanes) is 1. The predicted molar refractivity (Wildman–Crippen MR) is 117 cm³/mol. The van der Waals surface area contributed by atoms with Gasteiger partial charge in [-0.1, -0.05) is 46.4 Å². The lowest BCUT2D eigenvalue weighted by Gasteiger charge is -2.12. The Morgan fingerprint density at radius 2 is 1.77 bits per heavy atom. The zero-order valence-electron chi connectivity index (χ0n) is 16.1. The van der Waals surface area contributed by atoms with Gasteiger partial charge in [0.05, 0.1) is 27.9 Å². The maximum Gasteiger partial charge on any atom is 0.417 e. The van der Waals surface area contributed by atoms with Crippen LogP contribution in [0.3, 0.4) is 0 Å². The van der Waals surface area contributed by atoms with Crippen molar-refractivity contribution in [2.45, 2.75) is 25.6 Å². The summed E-state index contributed by atoms with van der Waals surface area (Å²) in [6.07, 6.45) is -0.566. The minimum atomic E-state index is -4.38. The zero-order valence-corrected chi connectivity index (χ0v) is 19.1. The average molecular weight is 518 g/mol. The van der Waals surface area contributed by atoms with Gasteiger partial charge >= 0.3 is 6.18 Å². The van der Waals surface area contributed by atoms with E-state index in [2.05, 4.69) is 10.3 Å². The Hall–Kier alpha value is -1.38. The van der Waals surface area contributed by atoms with Crippen molar-refractivity contribution in [3.05, 3.63) is 62.3 Å². The first-order valence-corrected chi connectivity index (χ1v) is 10.7. The molecule has 1 N–H and O–H groups in total. The molecule has 1 heterocycles. The molecule has 0 fully saturated rings. The van der Waals surface area contributed by atoms with Gasteiger partial charge in [-0.05, 0) is 37.6 Å². The summed E-state index contributed by atoms with van der Waals surface area (Å²) < 4.78 is 48.7. The van der Waals surface area contributed by atoms with E-state index in [4.69, 9.17) is 55.9 Å². The minimum Gasteiger partial charge on any atom is -0.490 e. The summed E-state index contributed by atoms with van der Waals surface area (Å²) in [6.45, 7) is 1.59. The monoisotopic (exact) mass is 516 g/mol. The van der Waals surface area contributed by atoms with Gasteiger partial charge in [-0.3, -0.25) is 4.98 Å². The van der Waals surface area contributed by atoms with Crippen LogP contribution in [0.25, 0.3) is 0 Å². The first-order chi connectivity index (χ1) is 14.7. The van der Waals surface area contributed by atoms with E-state index in [0.717, 1.165) is 25.1 Å². The van der Waals surface area contributed by atoms with Crippen molar-refractivity contribution in [2.24, 2.45) is 0 Å².